The highest BCUT2D eigenvalue weighted by molar-refractivity contribution is 5.76. The molecule has 0 radical (unpaired) electrons. The molecule has 0 saturated heterocycles. The Hall–Kier alpha value is -2.82. The molecule has 0 aliphatic rings. The van der Waals surface area contributed by atoms with Crippen LogP contribution in [0.3, 0.4) is 0 Å². The van der Waals surface area contributed by atoms with E-state index in [9.17, 15) is 4.79 Å². The zero-order chi connectivity index (χ0) is 16.9. The third-order valence-corrected chi connectivity index (χ3v) is 3.80. The van der Waals surface area contributed by atoms with Crippen LogP contribution in [-0.4, -0.2) is 10.9 Å². The van der Waals surface area contributed by atoms with Gasteiger partial charge in [-0.05, 0) is 26.0 Å². The molecule has 1 atom stereocenters. The van der Waals surface area contributed by atoms with Crippen molar-refractivity contribution in [2.75, 3.05) is 0 Å². The Labute approximate surface area is 140 Å². The van der Waals surface area contributed by atoms with Crippen molar-refractivity contribution in [3.63, 3.8) is 0 Å². The third-order valence-electron chi connectivity index (χ3n) is 3.80. The molecule has 0 unspecified atom stereocenters. The van der Waals surface area contributed by atoms with E-state index >= 15 is 0 Å². The Balaban J connectivity index is 1.53. The molecule has 3 aromatic rings. The topological polar surface area (TPSA) is 68.3 Å². The lowest BCUT2D eigenvalue weighted by molar-refractivity contribution is -0.121. The second-order valence-corrected chi connectivity index (χ2v) is 5.79. The average Bonchev–Trinajstić information content (AvgIpc) is 3.25. The van der Waals surface area contributed by atoms with Gasteiger partial charge in [0.2, 0.25) is 5.91 Å². The number of furan rings is 1. The van der Waals surface area contributed by atoms with Crippen LogP contribution in [0.15, 0.2) is 57.7 Å². The van der Waals surface area contributed by atoms with Gasteiger partial charge in [0.15, 0.2) is 11.7 Å². The maximum atomic E-state index is 12.0. The zero-order valence-corrected chi connectivity index (χ0v) is 13.8. The summed E-state index contributed by atoms with van der Waals surface area (Å²) >= 11 is 0. The van der Waals surface area contributed by atoms with Gasteiger partial charge in [0.05, 0.1) is 18.5 Å². The van der Waals surface area contributed by atoms with Crippen LogP contribution in [0.4, 0.5) is 0 Å². The number of nitrogens with zero attached hydrogens (tertiary/aromatic N) is 1. The molecule has 1 N–H and O–H groups in total. The minimum Gasteiger partial charge on any atom is -0.467 e. The highest BCUT2D eigenvalue weighted by Crippen LogP contribution is 2.21. The van der Waals surface area contributed by atoms with Crippen molar-refractivity contribution in [2.45, 2.75) is 32.7 Å². The minimum absolute atomic E-state index is 0.0611. The van der Waals surface area contributed by atoms with Crippen molar-refractivity contribution >= 4 is 5.91 Å². The number of nitrogens with one attached hydrogen (secondary N) is 1. The molecular weight excluding hydrogens is 304 g/mol. The molecule has 0 fully saturated rings. The van der Waals surface area contributed by atoms with E-state index in [0.717, 1.165) is 17.1 Å². The quantitative estimate of drug-likeness (QED) is 0.742. The van der Waals surface area contributed by atoms with E-state index in [0.29, 0.717) is 18.7 Å². The van der Waals surface area contributed by atoms with Gasteiger partial charge >= 0.3 is 0 Å². The number of carbonyl (C=O) groups excluding carboxylic acids is 1. The average molecular weight is 324 g/mol. The van der Waals surface area contributed by atoms with Gasteiger partial charge in [0.25, 0.3) is 0 Å². The molecule has 2 aromatic heterocycles. The maximum Gasteiger partial charge on any atom is 0.221 e. The van der Waals surface area contributed by atoms with Crippen LogP contribution >= 0.6 is 0 Å². The fourth-order valence-corrected chi connectivity index (χ4v) is 2.42. The largest absolute Gasteiger partial charge is 0.467 e. The number of hydrogen-bond donors (Lipinski definition) is 1. The van der Waals surface area contributed by atoms with Crippen molar-refractivity contribution in [1.82, 2.24) is 10.3 Å². The van der Waals surface area contributed by atoms with Crippen molar-refractivity contribution in [3.8, 4) is 11.3 Å². The molecule has 24 heavy (non-hydrogen) atoms. The van der Waals surface area contributed by atoms with Gasteiger partial charge in [-0.2, -0.15) is 0 Å². The summed E-state index contributed by atoms with van der Waals surface area (Å²) in [6, 6.07) is 11.5. The van der Waals surface area contributed by atoms with Crippen LogP contribution in [0, 0.1) is 6.92 Å². The summed E-state index contributed by atoms with van der Waals surface area (Å²) in [4.78, 5) is 16.3. The second kappa shape index (κ2) is 7.17. The predicted octanol–water partition coefficient (Wildman–Crippen LogP) is 4.05. The standard InChI is InChI=1S/C19H20N2O3/c1-13-5-7-15(8-6-13)17-12-20-19(24-17)10-9-18(22)21-14(2)16-4-3-11-23-16/h3-8,11-12,14H,9-10H2,1-2H3,(H,21,22)/t14-/m0/s1. The molecule has 1 amide bonds. The molecule has 0 spiro atoms. The van der Waals surface area contributed by atoms with Crippen LogP contribution in [0.5, 0.6) is 0 Å². The number of amides is 1. The van der Waals surface area contributed by atoms with Gasteiger partial charge < -0.3 is 14.2 Å². The minimum atomic E-state index is -0.153. The van der Waals surface area contributed by atoms with Gasteiger partial charge in [0, 0.05) is 18.4 Å². The number of carbonyl (C=O) groups is 1. The molecule has 0 bridgehead atoms. The summed E-state index contributed by atoms with van der Waals surface area (Å²) in [5, 5.41) is 2.90. The molecule has 1 aromatic carbocycles. The van der Waals surface area contributed by atoms with Crippen LogP contribution in [-0.2, 0) is 11.2 Å². The first-order chi connectivity index (χ1) is 11.6. The lowest BCUT2D eigenvalue weighted by Crippen LogP contribution is -2.26. The number of oxazole rings is 1. The summed E-state index contributed by atoms with van der Waals surface area (Å²) in [6.45, 7) is 3.93. The van der Waals surface area contributed by atoms with Gasteiger partial charge in [0.1, 0.15) is 5.76 Å². The normalized spacial score (nSPS) is 12.1. The molecule has 0 saturated carbocycles. The maximum absolute atomic E-state index is 12.0. The Bertz CT molecular complexity index is 788. The summed E-state index contributed by atoms with van der Waals surface area (Å²) in [5.41, 5.74) is 2.18. The smallest absolute Gasteiger partial charge is 0.221 e. The van der Waals surface area contributed by atoms with E-state index in [1.54, 1.807) is 18.5 Å². The van der Waals surface area contributed by atoms with Crippen LogP contribution in [0.2, 0.25) is 0 Å². The fourth-order valence-electron chi connectivity index (χ4n) is 2.42. The second-order valence-electron chi connectivity index (χ2n) is 5.79. The summed E-state index contributed by atoms with van der Waals surface area (Å²) in [6.07, 6.45) is 4.07. The molecular formula is C19H20N2O3. The van der Waals surface area contributed by atoms with E-state index in [4.69, 9.17) is 8.83 Å². The highest BCUT2D eigenvalue weighted by Gasteiger charge is 2.13. The van der Waals surface area contributed by atoms with E-state index < -0.39 is 0 Å². The summed E-state index contributed by atoms with van der Waals surface area (Å²) in [7, 11) is 0. The molecule has 0 aliphatic carbocycles. The van der Waals surface area contributed by atoms with Crippen molar-refractivity contribution in [2.24, 2.45) is 0 Å². The number of rotatable bonds is 6. The Morgan fingerprint density at radius 1 is 1.25 bits per heavy atom. The third kappa shape index (κ3) is 3.93. The molecule has 3 rings (SSSR count). The SMILES string of the molecule is Cc1ccc(-c2cnc(CCC(=O)N[C@@H](C)c3ccco3)o2)cc1. The van der Waals surface area contributed by atoms with E-state index in [1.807, 2.05) is 44.2 Å². The van der Waals surface area contributed by atoms with Crippen LogP contribution < -0.4 is 5.32 Å². The first-order valence-electron chi connectivity index (χ1n) is 7.96. The lowest BCUT2D eigenvalue weighted by atomic mass is 10.1. The molecule has 5 nitrogen and oxygen atoms in total. The molecule has 5 heteroatoms. The van der Waals surface area contributed by atoms with Gasteiger partial charge in [-0.1, -0.05) is 29.8 Å². The van der Waals surface area contributed by atoms with E-state index in [-0.39, 0.29) is 11.9 Å². The van der Waals surface area contributed by atoms with Crippen molar-refractivity contribution in [3.05, 3.63) is 66.1 Å². The van der Waals surface area contributed by atoms with Crippen molar-refractivity contribution < 1.29 is 13.6 Å². The van der Waals surface area contributed by atoms with Crippen LogP contribution in [0.1, 0.15) is 36.6 Å². The number of benzene rings is 1. The monoisotopic (exact) mass is 324 g/mol. The zero-order valence-electron chi connectivity index (χ0n) is 13.8. The number of aryl methyl sites for hydroxylation is 2. The first kappa shape index (κ1) is 16.1. The van der Waals surface area contributed by atoms with Gasteiger partial charge in [-0.3, -0.25) is 4.79 Å². The lowest BCUT2D eigenvalue weighted by Gasteiger charge is -2.10. The molecule has 124 valence electrons. The predicted molar refractivity (Wildman–Crippen MR) is 90.3 cm³/mol. The van der Waals surface area contributed by atoms with Gasteiger partial charge in [-0.25, -0.2) is 4.98 Å². The Kier molecular flexibility index (Phi) is 4.79. The number of aromatic nitrogens is 1. The molecule has 0 aliphatic heterocycles. The van der Waals surface area contributed by atoms with Gasteiger partial charge in [-0.15, -0.1) is 0 Å². The first-order valence-corrected chi connectivity index (χ1v) is 7.96. The van der Waals surface area contributed by atoms with Crippen LogP contribution in [0.25, 0.3) is 11.3 Å². The number of hydrogen-bond acceptors (Lipinski definition) is 4. The molecule has 2 heterocycles. The summed E-state index contributed by atoms with van der Waals surface area (Å²) < 4.78 is 11.0. The Morgan fingerprint density at radius 2 is 2.04 bits per heavy atom. The van der Waals surface area contributed by atoms with Crippen molar-refractivity contribution in [1.29, 1.82) is 0 Å². The fraction of sp³-hybridized carbons (Fsp3) is 0.263. The van der Waals surface area contributed by atoms with E-state index in [2.05, 4.69) is 10.3 Å². The highest BCUT2D eigenvalue weighted by atomic mass is 16.4. The summed E-state index contributed by atoms with van der Waals surface area (Å²) in [5.74, 6) is 1.95. The Morgan fingerprint density at radius 3 is 2.75 bits per heavy atom. The van der Waals surface area contributed by atoms with E-state index in [1.165, 1.54) is 5.56 Å².